The van der Waals surface area contributed by atoms with E-state index in [1.54, 1.807) is 18.3 Å². The van der Waals surface area contributed by atoms with E-state index in [2.05, 4.69) is 29.1 Å². The number of carbonyl (C=O) groups excluding carboxylic acids is 1. The fourth-order valence-corrected chi connectivity index (χ4v) is 1.53. The van der Waals surface area contributed by atoms with Gasteiger partial charge in [0, 0.05) is 18.3 Å². The Morgan fingerprint density at radius 2 is 2.33 bits per heavy atom. The van der Waals surface area contributed by atoms with Gasteiger partial charge in [0.15, 0.2) is 0 Å². The molecule has 18 heavy (non-hydrogen) atoms. The standard InChI is InChI=1S/C14H17N3O/c1-14(6-7-14)10-17-13(18)12-5-4-11(9-16-12)3-2-8-15/h4-5,9H,6-8,10,15H2,1H3,(H,17,18). The van der Waals surface area contributed by atoms with Gasteiger partial charge in [-0.15, -0.1) is 0 Å². The Morgan fingerprint density at radius 3 is 2.89 bits per heavy atom. The molecule has 0 bridgehead atoms. The van der Waals surface area contributed by atoms with Gasteiger partial charge >= 0.3 is 0 Å². The molecule has 1 aliphatic carbocycles. The van der Waals surface area contributed by atoms with Gasteiger partial charge in [-0.2, -0.15) is 0 Å². The number of aromatic nitrogens is 1. The van der Waals surface area contributed by atoms with Crippen LogP contribution in [0.15, 0.2) is 18.3 Å². The minimum absolute atomic E-state index is 0.124. The molecular weight excluding hydrogens is 226 g/mol. The Labute approximate surface area is 107 Å². The number of nitrogens with two attached hydrogens (primary N) is 1. The lowest BCUT2D eigenvalue weighted by atomic mass is 10.1. The molecule has 1 aromatic heterocycles. The molecule has 0 saturated heterocycles. The summed E-state index contributed by atoms with van der Waals surface area (Å²) in [5, 5.41) is 2.91. The van der Waals surface area contributed by atoms with Gasteiger partial charge in [-0.3, -0.25) is 4.79 Å². The Hall–Kier alpha value is -1.86. The molecule has 4 nitrogen and oxygen atoms in total. The van der Waals surface area contributed by atoms with Gasteiger partial charge in [-0.05, 0) is 30.4 Å². The van der Waals surface area contributed by atoms with E-state index >= 15 is 0 Å². The van der Waals surface area contributed by atoms with Crippen molar-refractivity contribution in [3.05, 3.63) is 29.6 Å². The molecule has 1 fully saturated rings. The van der Waals surface area contributed by atoms with Gasteiger partial charge in [-0.1, -0.05) is 18.8 Å². The highest BCUT2D eigenvalue weighted by Crippen LogP contribution is 2.44. The van der Waals surface area contributed by atoms with Gasteiger partial charge in [0.1, 0.15) is 5.69 Å². The smallest absolute Gasteiger partial charge is 0.269 e. The first-order valence-corrected chi connectivity index (χ1v) is 6.06. The van der Waals surface area contributed by atoms with Crippen molar-refractivity contribution in [2.45, 2.75) is 19.8 Å². The summed E-state index contributed by atoms with van der Waals surface area (Å²) in [6, 6.07) is 3.47. The molecule has 1 amide bonds. The van der Waals surface area contributed by atoms with E-state index in [-0.39, 0.29) is 5.91 Å². The second-order valence-electron chi connectivity index (χ2n) is 4.93. The van der Waals surface area contributed by atoms with Crippen molar-refractivity contribution in [3.63, 3.8) is 0 Å². The van der Waals surface area contributed by atoms with Gasteiger partial charge in [0.2, 0.25) is 0 Å². The molecule has 94 valence electrons. The minimum atomic E-state index is -0.124. The summed E-state index contributed by atoms with van der Waals surface area (Å²) in [4.78, 5) is 15.9. The van der Waals surface area contributed by atoms with Crippen molar-refractivity contribution in [3.8, 4) is 11.8 Å². The maximum absolute atomic E-state index is 11.8. The van der Waals surface area contributed by atoms with Gasteiger partial charge in [-0.25, -0.2) is 4.98 Å². The number of amides is 1. The Balaban J connectivity index is 1.93. The van der Waals surface area contributed by atoms with E-state index in [0.29, 0.717) is 17.7 Å². The number of hydrogen-bond donors (Lipinski definition) is 2. The first kappa shape index (κ1) is 12.6. The lowest BCUT2D eigenvalue weighted by Crippen LogP contribution is -2.29. The minimum Gasteiger partial charge on any atom is -0.350 e. The van der Waals surface area contributed by atoms with E-state index in [0.717, 1.165) is 12.1 Å². The van der Waals surface area contributed by atoms with Crippen molar-refractivity contribution in [1.29, 1.82) is 0 Å². The third kappa shape index (κ3) is 3.31. The first-order chi connectivity index (χ1) is 8.63. The SMILES string of the molecule is CC1(CNC(=O)c2ccc(C#CCN)cn2)CC1. The summed E-state index contributed by atoms with van der Waals surface area (Å²) in [5.74, 6) is 5.49. The van der Waals surface area contributed by atoms with Gasteiger partial charge < -0.3 is 11.1 Å². The van der Waals surface area contributed by atoms with Crippen molar-refractivity contribution in [1.82, 2.24) is 10.3 Å². The van der Waals surface area contributed by atoms with Crippen molar-refractivity contribution in [2.24, 2.45) is 11.1 Å². The predicted molar refractivity (Wildman–Crippen MR) is 69.8 cm³/mol. The van der Waals surface area contributed by atoms with Crippen LogP contribution >= 0.6 is 0 Å². The molecule has 3 N–H and O–H groups in total. The second-order valence-corrected chi connectivity index (χ2v) is 4.93. The average Bonchev–Trinajstić information content (AvgIpc) is 3.13. The number of pyridine rings is 1. The van der Waals surface area contributed by atoms with Crippen molar-refractivity contribution < 1.29 is 4.79 Å². The van der Waals surface area contributed by atoms with Crippen LogP contribution < -0.4 is 11.1 Å². The van der Waals surface area contributed by atoms with E-state index < -0.39 is 0 Å². The maximum atomic E-state index is 11.8. The van der Waals surface area contributed by atoms with E-state index in [1.807, 2.05) is 0 Å². The monoisotopic (exact) mass is 243 g/mol. The lowest BCUT2D eigenvalue weighted by molar-refractivity contribution is 0.0941. The van der Waals surface area contributed by atoms with Crippen LogP contribution in [-0.2, 0) is 0 Å². The normalized spacial score (nSPS) is 15.4. The molecule has 1 aliphatic rings. The van der Waals surface area contributed by atoms with E-state index in [4.69, 9.17) is 5.73 Å². The van der Waals surface area contributed by atoms with Crippen LogP contribution in [0, 0.1) is 17.3 Å². The van der Waals surface area contributed by atoms with Gasteiger partial charge in [0.25, 0.3) is 5.91 Å². The molecule has 0 atom stereocenters. The summed E-state index contributed by atoms with van der Waals surface area (Å²) in [6.07, 6.45) is 3.97. The van der Waals surface area contributed by atoms with Crippen LogP contribution in [-0.4, -0.2) is 24.0 Å². The summed E-state index contributed by atoms with van der Waals surface area (Å²) in [7, 11) is 0. The van der Waals surface area contributed by atoms with Crippen LogP contribution in [0.5, 0.6) is 0 Å². The Bertz CT molecular complexity index is 492. The largest absolute Gasteiger partial charge is 0.350 e. The summed E-state index contributed by atoms with van der Waals surface area (Å²) in [6.45, 7) is 3.22. The Morgan fingerprint density at radius 1 is 1.56 bits per heavy atom. The molecular formula is C14H17N3O. The van der Waals surface area contributed by atoms with E-state index in [1.165, 1.54) is 12.8 Å². The molecule has 0 spiro atoms. The van der Waals surface area contributed by atoms with Crippen LogP contribution in [0.4, 0.5) is 0 Å². The zero-order valence-electron chi connectivity index (χ0n) is 10.5. The number of nitrogens with zero attached hydrogens (tertiary/aromatic N) is 1. The van der Waals surface area contributed by atoms with E-state index in [9.17, 15) is 4.79 Å². The zero-order chi connectivity index (χ0) is 13.0. The number of hydrogen-bond acceptors (Lipinski definition) is 3. The summed E-state index contributed by atoms with van der Waals surface area (Å²) >= 11 is 0. The molecule has 1 heterocycles. The number of carbonyl (C=O) groups is 1. The molecule has 0 aliphatic heterocycles. The molecule has 0 unspecified atom stereocenters. The van der Waals surface area contributed by atoms with Crippen LogP contribution in [0.2, 0.25) is 0 Å². The third-order valence-corrected chi connectivity index (χ3v) is 3.11. The average molecular weight is 243 g/mol. The zero-order valence-corrected chi connectivity index (χ0v) is 10.5. The highest BCUT2D eigenvalue weighted by Gasteiger charge is 2.37. The quantitative estimate of drug-likeness (QED) is 0.776. The van der Waals surface area contributed by atoms with Crippen molar-refractivity contribution in [2.75, 3.05) is 13.1 Å². The molecule has 1 aromatic rings. The molecule has 4 heteroatoms. The topological polar surface area (TPSA) is 68.0 Å². The number of nitrogens with one attached hydrogen (secondary N) is 1. The van der Waals surface area contributed by atoms with Gasteiger partial charge in [0.05, 0.1) is 6.54 Å². The Kier molecular flexibility index (Phi) is 3.63. The second kappa shape index (κ2) is 5.19. The predicted octanol–water partition coefficient (Wildman–Crippen LogP) is 0.922. The lowest BCUT2D eigenvalue weighted by Gasteiger charge is -2.09. The molecule has 1 saturated carbocycles. The highest BCUT2D eigenvalue weighted by atomic mass is 16.1. The van der Waals surface area contributed by atoms with Crippen molar-refractivity contribution >= 4 is 5.91 Å². The number of rotatable bonds is 3. The third-order valence-electron chi connectivity index (χ3n) is 3.11. The fraction of sp³-hybridized carbons (Fsp3) is 0.429. The van der Waals surface area contributed by atoms with Crippen LogP contribution in [0.1, 0.15) is 35.8 Å². The van der Waals surface area contributed by atoms with Crippen LogP contribution in [0.25, 0.3) is 0 Å². The fourth-order valence-electron chi connectivity index (χ4n) is 1.53. The summed E-state index contributed by atoms with van der Waals surface area (Å²) < 4.78 is 0. The summed E-state index contributed by atoms with van der Waals surface area (Å²) in [5.41, 5.74) is 6.79. The maximum Gasteiger partial charge on any atom is 0.269 e. The highest BCUT2D eigenvalue weighted by molar-refractivity contribution is 5.92. The van der Waals surface area contributed by atoms with Crippen LogP contribution in [0.3, 0.4) is 0 Å². The molecule has 0 radical (unpaired) electrons. The molecule has 0 aromatic carbocycles. The molecule has 2 rings (SSSR count). The first-order valence-electron chi connectivity index (χ1n) is 6.06.